The highest BCUT2D eigenvalue weighted by Crippen LogP contribution is 2.56. The zero-order valence-corrected chi connectivity index (χ0v) is 12.6. The van der Waals surface area contributed by atoms with Crippen molar-refractivity contribution >= 4 is 0 Å². The number of benzene rings is 2. The van der Waals surface area contributed by atoms with E-state index in [1.54, 1.807) is 0 Å². The van der Waals surface area contributed by atoms with Crippen LogP contribution in [0.5, 0.6) is 5.75 Å². The molecule has 2 heteroatoms. The second kappa shape index (κ2) is 4.35. The van der Waals surface area contributed by atoms with Crippen LogP contribution >= 0.6 is 0 Å². The summed E-state index contributed by atoms with van der Waals surface area (Å²) in [7, 11) is 4.28. The van der Waals surface area contributed by atoms with Crippen molar-refractivity contribution in [2.75, 3.05) is 20.6 Å². The predicted octanol–water partition coefficient (Wildman–Crippen LogP) is 3.48. The minimum Gasteiger partial charge on any atom is -0.508 e. The third kappa shape index (κ3) is 1.69. The van der Waals surface area contributed by atoms with Gasteiger partial charge >= 0.3 is 0 Å². The van der Waals surface area contributed by atoms with Gasteiger partial charge in [-0.05, 0) is 61.3 Å². The van der Waals surface area contributed by atoms with Crippen LogP contribution in [-0.2, 0) is 5.41 Å². The van der Waals surface area contributed by atoms with Crippen LogP contribution in [0, 0.1) is 0 Å². The van der Waals surface area contributed by atoms with Gasteiger partial charge in [-0.1, -0.05) is 30.3 Å². The van der Waals surface area contributed by atoms with E-state index >= 15 is 0 Å². The number of rotatable bonds is 2. The van der Waals surface area contributed by atoms with Gasteiger partial charge in [0.25, 0.3) is 0 Å². The molecule has 108 valence electrons. The number of likely N-dealkylation sites (N-methyl/N-ethyl adjacent to an activating group) is 1. The zero-order chi connectivity index (χ0) is 14.6. The average Bonchev–Trinajstić information content (AvgIpc) is 2.47. The van der Waals surface area contributed by atoms with Gasteiger partial charge in [0.2, 0.25) is 0 Å². The lowest BCUT2D eigenvalue weighted by atomic mass is 9.55. The lowest BCUT2D eigenvalue weighted by Gasteiger charge is -2.50. The van der Waals surface area contributed by atoms with Crippen LogP contribution in [0.25, 0.3) is 0 Å². The topological polar surface area (TPSA) is 23.5 Å². The van der Waals surface area contributed by atoms with Crippen molar-refractivity contribution in [3.63, 3.8) is 0 Å². The molecule has 21 heavy (non-hydrogen) atoms. The van der Waals surface area contributed by atoms with Crippen LogP contribution in [0.2, 0.25) is 0 Å². The summed E-state index contributed by atoms with van der Waals surface area (Å²) in [4.78, 5) is 2.27. The van der Waals surface area contributed by atoms with E-state index in [1.165, 1.54) is 35.1 Å². The maximum absolute atomic E-state index is 10.00. The fourth-order valence-electron chi connectivity index (χ4n) is 4.57. The van der Waals surface area contributed by atoms with Gasteiger partial charge in [-0.25, -0.2) is 0 Å². The zero-order valence-electron chi connectivity index (χ0n) is 12.6. The second-order valence-electron chi connectivity index (χ2n) is 6.77. The predicted molar refractivity (Wildman–Crippen MR) is 85.0 cm³/mol. The molecule has 0 heterocycles. The van der Waals surface area contributed by atoms with E-state index in [2.05, 4.69) is 49.3 Å². The fourth-order valence-corrected chi connectivity index (χ4v) is 4.57. The molecule has 0 fully saturated rings. The van der Waals surface area contributed by atoms with Crippen LogP contribution in [0.1, 0.15) is 41.0 Å². The summed E-state index contributed by atoms with van der Waals surface area (Å²) in [5, 5.41) is 10.00. The van der Waals surface area contributed by atoms with E-state index in [9.17, 15) is 5.11 Å². The molecule has 2 bridgehead atoms. The largest absolute Gasteiger partial charge is 0.508 e. The highest BCUT2D eigenvalue weighted by atomic mass is 16.3. The highest BCUT2D eigenvalue weighted by Gasteiger charge is 2.48. The third-order valence-corrected chi connectivity index (χ3v) is 5.23. The lowest BCUT2D eigenvalue weighted by Crippen LogP contribution is -2.46. The Bertz CT molecular complexity index is 706. The van der Waals surface area contributed by atoms with Crippen molar-refractivity contribution in [1.82, 2.24) is 4.90 Å². The summed E-state index contributed by atoms with van der Waals surface area (Å²) < 4.78 is 0. The first kappa shape index (κ1) is 12.9. The molecule has 0 spiro atoms. The van der Waals surface area contributed by atoms with Gasteiger partial charge in [-0.3, -0.25) is 0 Å². The monoisotopic (exact) mass is 279 g/mol. The standard InChI is InChI=1S/C19H21NO/c1-20(2)12-19-10-9-14(15-5-3-4-6-17(15)19)16-8-7-13(21)11-18(16)19/h3-8,11,14,21H,9-10,12H2,1-2H3. The third-order valence-electron chi connectivity index (χ3n) is 5.23. The summed E-state index contributed by atoms with van der Waals surface area (Å²) in [6.45, 7) is 0.993. The summed E-state index contributed by atoms with van der Waals surface area (Å²) in [5.74, 6) is 0.887. The maximum Gasteiger partial charge on any atom is 0.115 e. The average molecular weight is 279 g/mol. The molecule has 1 N–H and O–H groups in total. The van der Waals surface area contributed by atoms with Crippen LogP contribution in [0.4, 0.5) is 0 Å². The number of hydrogen-bond donors (Lipinski definition) is 1. The number of hydrogen-bond acceptors (Lipinski definition) is 2. The van der Waals surface area contributed by atoms with E-state index < -0.39 is 0 Å². The Morgan fingerprint density at radius 2 is 1.86 bits per heavy atom. The Labute approximate surface area is 126 Å². The minimum atomic E-state index is 0.0307. The van der Waals surface area contributed by atoms with E-state index in [0.717, 1.165) is 6.54 Å². The van der Waals surface area contributed by atoms with Crippen molar-refractivity contribution in [3.8, 4) is 5.75 Å². The van der Waals surface area contributed by atoms with Crippen molar-refractivity contribution in [3.05, 3.63) is 64.7 Å². The Morgan fingerprint density at radius 1 is 1.10 bits per heavy atom. The first-order valence-electron chi connectivity index (χ1n) is 7.69. The summed E-state index contributed by atoms with van der Waals surface area (Å²) in [5.41, 5.74) is 5.74. The van der Waals surface area contributed by atoms with E-state index in [-0.39, 0.29) is 5.41 Å². The van der Waals surface area contributed by atoms with E-state index in [0.29, 0.717) is 11.7 Å². The molecule has 0 saturated heterocycles. The van der Waals surface area contributed by atoms with Gasteiger partial charge in [0, 0.05) is 17.9 Å². The van der Waals surface area contributed by atoms with Crippen molar-refractivity contribution in [2.24, 2.45) is 0 Å². The molecule has 0 saturated carbocycles. The van der Waals surface area contributed by atoms with Gasteiger partial charge in [0.1, 0.15) is 5.75 Å². The second-order valence-corrected chi connectivity index (χ2v) is 6.77. The van der Waals surface area contributed by atoms with Gasteiger partial charge in [0.05, 0.1) is 0 Å². The van der Waals surface area contributed by atoms with E-state index in [1.807, 2.05) is 12.1 Å². The Kier molecular flexibility index (Phi) is 2.67. The van der Waals surface area contributed by atoms with Gasteiger partial charge in [-0.15, -0.1) is 0 Å². The molecule has 0 amide bonds. The Balaban J connectivity index is 2.02. The molecular weight excluding hydrogens is 258 g/mol. The molecule has 3 aliphatic rings. The fraction of sp³-hybridized carbons (Fsp3) is 0.368. The first-order chi connectivity index (χ1) is 10.1. The molecule has 0 aromatic heterocycles. The SMILES string of the molecule is CN(C)CC12CCC(c3ccccc31)c1ccc(O)cc12. The van der Waals surface area contributed by atoms with Gasteiger partial charge in [-0.2, -0.15) is 0 Å². The van der Waals surface area contributed by atoms with Crippen LogP contribution in [0.15, 0.2) is 42.5 Å². The molecule has 3 aliphatic carbocycles. The van der Waals surface area contributed by atoms with Crippen LogP contribution in [0.3, 0.4) is 0 Å². The van der Waals surface area contributed by atoms with Crippen molar-refractivity contribution in [1.29, 1.82) is 0 Å². The molecule has 0 radical (unpaired) electrons. The maximum atomic E-state index is 10.00. The lowest BCUT2D eigenvalue weighted by molar-refractivity contribution is 0.266. The molecule has 2 nitrogen and oxygen atoms in total. The Hall–Kier alpha value is -1.80. The molecular formula is C19H21NO. The minimum absolute atomic E-state index is 0.0307. The molecule has 5 rings (SSSR count). The molecule has 0 aliphatic heterocycles. The molecule has 2 aromatic carbocycles. The summed E-state index contributed by atoms with van der Waals surface area (Å²) in [6.07, 6.45) is 2.38. The number of nitrogens with zero attached hydrogens (tertiary/aromatic N) is 1. The molecule has 2 atom stereocenters. The van der Waals surface area contributed by atoms with Crippen molar-refractivity contribution in [2.45, 2.75) is 24.2 Å². The molecule has 2 aromatic rings. The molecule has 2 unspecified atom stereocenters. The van der Waals surface area contributed by atoms with Crippen LogP contribution < -0.4 is 0 Å². The number of phenolic OH excluding ortho intramolecular Hbond substituents is 1. The summed E-state index contributed by atoms with van der Waals surface area (Å²) in [6, 6.07) is 14.9. The number of aromatic hydroxyl groups is 1. The number of phenols is 1. The van der Waals surface area contributed by atoms with Crippen molar-refractivity contribution < 1.29 is 5.11 Å². The quantitative estimate of drug-likeness (QED) is 0.909. The van der Waals surface area contributed by atoms with E-state index in [4.69, 9.17) is 0 Å². The van der Waals surface area contributed by atoms with Crippen LogP contribution in [-0.4, -0.2) is 30.6 Å². The first-order valence-corrected chi connectivity index (χ1v) is 7.69. The Morgan fingerprint density at radius 3 is 2.67 bits per heavy atom. The number of fused-ring (bicyclic) bond motifs is 1. The van der Waals surface area contributed by atoms with Gasteiger partial charge in [0.15, 0.2) is 0 Å². The highest BCUT2D eigenvalue weighted by molar-refractivity contribution is 5.60. The van der Waals surface area contributed by atoms with Gasteiger partial charge < -0.3 is 10.0 Å². The summed E-state index contributed by atoms with van der Waals surface area (Å²) >= 11 is 0. The normalized spacial score (nSPS) is 25.8. The smallest absolute Gasteiger partial charge is 0.115 e.